The molecule has 6 nitrogen and oxygen atoms in total. The van der Waals surface area contributed by atoms with Crippen molar-refractivity contribution >= 4 is 11.5 Å². The number of hydrogen-bond acceptors (Lipinski definition) is 5. The van der Waals surface area contributed by atoms with Gasteiger partial charge in [-0.3, -0.25) is 4.79 Å². The molecule has 1 aliphatic heterocycles. The average molecular weight is 279 g/mol. The summed E-state index contributed by atoms with van der Waals surface area (Å²) in [5.74, 6) is 1.26. The molecule has 112 valence electrons. The van der Waals surface area contributed by atoms with Crippen molar-refractivity contribution in [3.8, 4) is 0 Å². The lowest BCUT2D eigenvalue weighted by molar-refractivity contribution is 0.421. The van der Waals surface area contributed by atoms with Gasteiger partial charge in [-0.1, -0.05) is 13.8 Å². The van der Waals surface area contributed by atoms with Crippen LogP contribution in [0.2, 0.25) is 0 Å². The van der Waals surface area contributed by atoms with Crippen LogP contribution >= 0.6 is 0 Å². The summed E-state index contributed by atoms with van der Waals surface area (Å²) in [6.07, 6.45) is 4.88. The standard InChI is InChI=1S/C14H25N5O/c1-10(2)7-16-8-11-5-3-4-6-19(11)13-12(15)14(20)18-9-17-13/h9-11,16H,3-8,15H2,1-2H3,(H,17,18,20). The van der Waals surface area contributed by atoms with E-state index in [0.29, 0.717) is 17.8 Å². The minimum absolute atomic E-state index is 0.225. The number of anilines is 2. The quantitative estimate of drug-likeness (QED) is 0.747. The van der Waals surface area contributed by atoms with Crippen molar-refractivity contribution in [2.75, 3.05) is 30.3 Å². The Hall–Kier alpha value is -1.56. The fourth-order valence-corrected chi connectivity index (χ4v) is 2.66. The maximum atomic E-state index is 11.6. The van der Waals surface area contributed by atoms with Crippen molar-refractivity contribution in [2.45, 2.75) is 39.2 Å². The molecule has 0 saturated carbocycles. The SMILES string of the molecule is CC(C)CNCC1CCCCN1c1nc[nH]c(=O)c1N. The van der Waals surface area contributed by atoms with E-state index in [2.05, 4.69) is 34.0 Å². The number of nitrogens with one attached hydrogen (secondary N) is 2. The number of H-pyrrole nitrogens is 1. The fourth-order valence-electron chi connectivity index (χ4n) is 2.66. The van der Waals surface area contributed by atoms with Crippen LogP contribution in [0.15, 0.2) is 11.1 Å². The molecule has 0 aromatic carbocycles. The van der Waals surface area contributed by atoms with E-state index < -0.39 is 0 Å². The van der Waals surface area contributed by atoms with Crippen LogP contribution in [0.4, 0.5) is 11.5 Å². The second-order valence-corrected chi connectivity index (χ2v) is 5.86. The molecule has 1 unspecified atom stereocenters. The predicted molar refractivity (Wildman–Crippen MR) is 82.0 cm³/mol. The van der Waals surface area contributed by atoms with E-state index in [4.69, 9.17) is 5.73 Å². The summed E-state index contributed by atoms with van der Waals surface area (Å²) in [6.45, 7) is 7.22. The maximum absolute atomic E-state index is 11.6. The lowest BCUT2D eigenvalue weighted by Gasteiger charge is -2.37. The smallest absolute Gasteiger partial charge is 0.276 e. The van der Waals surface area contributed by atoms with Crippen LogP contribution in [0.5, 0.6) is 0 Å². The Morgan fingerprint density at radius 2 is 2.35 bits per heavy atom. The first-order valence-corrected chi connectivity index (χ1v) is 7.40. The molecule has 4 N–H and O–H groups in total. The van der Waals surface area contributed by atoms with Gasteiger partial charge in [-0.2, -0.15) is 0 Å². The van der Waals surface area contributed by atoms with Gasteiger partial charge in [0.2, 0.25) is 0 Å². The first-order valence-electron chi connectivity index (χ1n) is 7.40. The van der Waals surface area contributed by atoms with E-state index in [0.717, 1.165) is 32.5 Å². The van der Waals surface area contributed by atoms with Crippen LogP contribution in [0, 0.1) is 5.92 Å². The highest BCUT2D eigenvalue weighted by Crippen LogP contribution is 2.25. The molecule has 0 bridgehead atoms. The van der Waals surface area contributed by atoms with E-state index in [1.54, 1.807) is 0 Å². The molecule has 1 aromatic heterocycles. The topological polar surface area (TPSA) is 87.0 Å². The number of nitrogen functional groups attached to an aromatic ring is 1. The summed E-state index contributed by atoms with van der Waals surface area (Å²) in [6, 6.07) is 0.360. The normalized spacial score (nSPS) is 19.6. The highest BCUT2D eigenvalue weighted by Gasteiger charge is 2.25. The Labute approximate surface area is 119 Å². The van der Waals surface area contributed by atoms with Gasteiger partial charge in [0.25, 0.3) is 5.56 Å². The second-order valence-electron chi connectivity index (χ2n) is 5.86. The summed E-state index contributed by atoms with van der Waals surface area (Å²) in [5, 5.41) is 3.49. The number of aromatic nitrogens is 2. The van der Waals surface area contributed by atoms with Crippen molar-refractivity contribution in [1.82, 2.24) is 15.3 Å². The Morgan fingerprint density at radius 1 is 1.55 bits per heavy atom. The minimum atomic E-state index is -0.255. The van der Waals surface area contributed by atoms with E-state index >= 15 is 0 Å². The fraction of sp³-hybridized carbons (Fsp3) is 0.714. The third kappa shape index (κ3) is 3.50. The first kappa shape index (κ1) is 14.8. The van der Waals surface area contributed by atoms with Crippen molar-refractivity contribution in [2.24, 2.45) is 5.92 Å². The van der Waals surface area contributed by atoms with Gasteiger partial charge in [0.05, 0.1) is 6.33 Å². The lowest BCUT2D eigenvalue weighted by Crippen LogP contribution is -2.47. The molecule has 20 heavy (non-hydrogen) atoms. The minimum Gasteiger partial charge on any atom is -0.391 e. The first-order chi connectivity index (χ1) is 9.59. The van der Waals surface area contributed by atoms with Crippen molar-refractivity contribution < 1.29 is 0 Å². The van der Waals surface area contributed by atoms with Gasteiger partial charge >= 0.3 is 0 Å². The number of hydrogen-bond donors (Lipinski definition) is 3. The molecular weight excluding hydrogens is 254 g/mol. The van der Waals surface area contributed by atoms with E-state index in [9.17, 15) is 4.79 Å². The van der Waals surface area contributed by atoms with E-state index in [-0.39, 0.29) is 11.2 Å². The molecule has 1 atom stereocenters. The summed E-state index contributed by atoms with van der Waals surface area (Å²) in [7, 11) is 0. The van der Waals surface area contributed by atoms with Gasteiger partial charge in [-0.25, -0.2) is 4.98 Å². The molecule has 1 fully saturated rings. The Balaban J connectivity index is 2.10. The highest BCUT2D eigenvalue weighted by molar-refractivity contribution is 5.61. The molecule has 2 rings (SSSR count). The van der Waals surface area contributed by atoms with Gasteiger partial charge in [0.15, 0.2) is 5.82 Å². The molecule has 0 amide bonds. The maximum Gasteiger partial charge on any atom is 0.276 e. The van der Waals surface area contributed by atoms with E-state index in [1.807, 2.05) is 0 Å². The average Bonchev–Trinajstić information content (AvgIpc) is 2.42. The number of piperidine rings is 1. The monoisotopic (exact) mass is 279 g/mol. The summed E-state index contributed by atoms with van der Waals surface area (Å²) >= 11 is 0. The summed E-state index contributed by atoms with van der Waals surface area (Å²) in [5.41, 5.74) is 5.85. The van der Waals surface area contributed by atoms with Gasteiger partial charge in [0.1, 0.15) is 5.69 Å². The summed E-state index contributed by atoms with van der Waals surface area (Å²) < 4.78 is 0. The third-order valence-electron chi connectivity index (χ3n) is 3.70. The van der Waals surface area contributed by atoms with Gasteiger partial charge < -0.3 is 20.9 Å². The van der Waals surface area contributed by atoms with Gasteiger partial charge in [0, 0.05) is 19.1 Å². The lowest BCUT2D eigenvalue weighted by atomic mass is 10.0. The van der Waals surface area contributed by atoms with Crippen molar-refractivity contribution in [1.29, 1.82) is 0 Å². The zero-order valence-corrected chi connectivity index (χ0v) is 12.4. The van der Waals surface area contributed by atoms with Gasteiger partial charge in [-0.05, 0) is 31.7 Å². The Bertz CT molecular complexity index is 485. The number of nitrogens with zero attached hydrogens (tertiary/aromatic N) is 2. The molecule has 6 heteroatoms. The highest BCUT2D eigenvalue weighted by atomic mass is 16.1. The number of nitrogens with two attached hydrogens (primary N) is 1. The molecule has 2 heterocycles. The molecule has 1 aromatic rings. The molecule has 0 radical (unpaired) electrons. The Morgan fingerprint density at radius 3 is 3.10 bits per heavy atom. The molecule has 1 aliphatic rings. The second kappa shape index (κ2) is 6.74. The van der Waals surface area contributed by atoms with Crippen LogP contribution in [0.1, 0.15) is 33.1 Å². The van der Waals surface area contributed by atoms with Crippen LogP contribution in [0.3, 0.4) is 0 Å². The van der Waals surface area contributed by atoms with Crippen LogP contribution in [-0.4, -0.2) is 35.6 Å². The molecule has 0 aliphatic carbocycles. The largest absolute Gasteiger partial charge is 0.391 e. The van der Waals surface area contributed by atoms with Crippen molar-refractivity contribution in [3.63, 3.8) is 0 Å². The van der Waals surface area contributed by atoms with Crippen molar-refractivity contribution in [3.05, 3.63) is 16.7 Å². The zero-order valence-electron chi connectivity index (χ0n) is 12.4. The molecule has 1 saturated heterocycles. The summed E-state index contributed by atoms with van der Waals surface area (Å²) in [4.78, 5) is 20.6. The predicted octanol–water partition coefficient (Wildman–Crippen LogP) is 0.957. The zero-order chi connectivity index (χ0) is 14.5. The molecule has 0 spiro atoms. The van der Waals surface area contributed by atoms with Crippen LogP contribution in [0.25, 0.3) is 0 Å². The number of aromatic amines is 1. The van der Waals surface area contributed by atoms with Crippen LogP contribution < -0.4 is 21.5 Å². The van der Waals surface area contributed by atoms with Gasteiger partial charge in [-0.15, -0.1) is 0 Å². The number of rotatable bonds is 5. The van der Waals surface area contributed by atoms with Crippen LogP contribution in [-0.2, 0) is 0 Å². The Kier molecular flexibility index (Phi) is 5.00. The third-order valence-corrected chi connectivity index (χ3v) is 3.70. The molecular formula is C14H25N5O. The van der Waals surface area contributed by atoms with E-state index in [1.165, 1.54) is 12.7 Å².